The summed E-state index contributed by atoms with van der Waals surface area (Å²) in [5.74, 6) is 1.35. The Kier molecular flexibility index (Phi) is 6.40. The molecule has 1 heterocycles. The molecule has 0 radical (unpaired) electrons. The number of nitrogens with one attached hydrogen (secondary N) is 2. The highest BCUT2D eigenvalue weighted by Gasteiger charge is 2.16. The van der Waals surface area contributed by atoms with Crippen molar-refractivity contribution in [2.24, 2.45) is 0 Å². The number of H-pyrrole nitrogens is 1. The maximum Gasteiger partial charge on any atom is 0.260 e. The highest BCUT2D eigenvalue weighted by Crippen LogP contribution is 2.37. The summed E-state index contributed by atoms with van der Waals surface area (Å²) in [5.41, 5.74) is 3.40. The highest BCUT2D eigenvalue weighted by atomic mass is 32.2. The lowest BCUT2D eigenvalue weighted by Gasteiger charge is -2.14. The van der Waals surface area contributed by atoms with Gasteiger partial charge in [0.1, 0.15) is 5.75 Å². The van der Waals surface area contributed by atoms with Gasteiger partial charge in [0.25, 0.3) is 5.91 Å². The van der Waals surface area contributed by atoms with Gasteiger partial charge in [-0.1, -0.05) is 66.7 Å². The highest BCUT2D eigenvalue weighted by molar-refractivity contribution is 7.99. The number of para-hydroxylation sites is 2. The van der Waals surface area contributed by atoms with Crippen LogP contribution in [0.15, 0.2) is 89.8 Å². The van der Waals surface area contributed by atoms with E-state index in [0.29, 0.717) is 12.3 Å². The summed E-state index contributed by atoms with van der Waals surface area (Å²) >= 11 is 1.75. The first-order chi connectivity index (χ1) is 14.7. The van der Waals surface area contributed by atoms with Crippen molar-refractivity contribution < 1.29 is 9.53 Å². The quantitative estimate of drug-likeness (QED) is 0.294. The number of amides is 1. The minimum absolute atomic E-state index is 0.110. The maximum absolute atomic E-state index is 12.4. The zero-order valence-electron chi connectivity index (χ0n) is 16.8. The molecule has 0 saturated heterocycles. The smallest absolute Gasteiger partial charge is 0.260 e. The molecular formula is C25H24N2O2S. The normalized spacial score (nSPS) is 11.9. The summed E-state index contributed by atoms with van der Waals surface area (Å²) in [6.07, 6.45) is -0.537. The van der Waals surface area contributed by atoms with Gasteiger partial charge in [-0.3, -0.25) is 4.79 Å². The average molecular weight is 417 g/mol. The number of hydrogen-bond donors (Lipinski definition) is 2. The lowest BCUT2D eigenvalue weighted by Crippen LogP contribution is -2.37. The molecule has 1 aromatic heterocycles. The molecule has 0 spiro atoms. The zero-order valence-corrected chi connectivity index (χ0v) is 17.6. The number of thioether (sulfide) groups is 1. The van der Waals surface area contributed by atoms with Gasteiger partial charge in [0.2, 0.25) is 0 Å². The molecule has 152 valence electrons. The first kappa shape index (κ1) is 20.1. The number of carbonyl (C=O) groups is 1. The van der Waals surface area contributed by atoms with Crippen LogP contribution in [-0.4, -0.2) is 29.3 Å². The van der Waals surface area contributed by atoms with Crippen LogP contribution in [0.3, 0.4) is 0 Å². The summed E-state index contributed by atoms with van der Waals surface area (Å²) in [6, 6.07) is 28.1. The Balaban J connectivity index is 1.39. The van der Waals surface area contributed by atoms with Crippen LogP contribution in [0, 0.1) is 0 Å². The Hall–Kier alpha value is -3.18. The lowest BCUT2D eigenvalue weighted by molar-refractivity contribution is -0.127. The predicted molar refractivity (Wildman–Crippen MR) is 124 cm³/mol. The van der Waals surface area contributed by atoms with Crippen molar-refractivity contribution in [3.63, 3.8) is 0 Å². The molecule has 0 bridgehead atoms. The molecule has 5 heteroatoms. The first-order valence-electron chi connectivity index (χ1n) is 10.0. The van der Waals surface area contributed by atoms with Crippen molar-refractivity contribution in [2.75, 3.05) is 12.3 Å². The van der Waals surface area contributed by atoms with E-state index >= 15 is 0 Å². The van der Waals surface area contributed by atoms with E-state index in [1.165, 1.54) is 10.3 Å². The molecule has 4 nitrogen and oxygen atoms in total. The van der Waals surface area contributed by atoms with Crippen LogP contribution in [0.25, 0.3) is 22.2 Å². The van der Waals surface area contributed by atoms with E-state index in [2.05, 4.69) is 40.6 Å². The van der Waals surface area contributed by atoms with Crippen LogP contribution in [-0.2, 0) is 4.79 Å². The Morgan fingerprint density at radius 1 is 0.967 bits per heavy atom. The van der Waals surface area contributed by atoms with Crippen molar-refractivity contribution in [3.8, 4) is 17.0 Å². The largest absolute Gasteiger partial charge is 0.481 e. The van der Waals surface area contributed by atoms with Crippen LogP contribution >= 0.6 is 11.8 Å². The minimum Gasteiger partial charge on any atom is -0.481 e. The van der Waals surface area contributed by atoms with E-state index in [4.69, 9.17) is 4.74 Å². The van der Waals surface area contributed by atoms with E-state index in [0.717, 1.165) is 22.5 Å². The van der Waals surface area contributed by atoms with Crippen LogP contribution in [0.2, 0.25) is 0 Å². The fourth-order valence-corrected chi connectivity index (χ4v) is 4.36. The third-order valence-corrected chi connectivity index (χ3v) is 5.91. The van der Waals surface area contributed by atoms with Gasteiger partial charge in [0.05, 0.1) is 5.69 Å². The van der Waals surface area contributed by atoms with Crippen molar-refractivity contribution in [2.45, 2.75) is 17.9 Å². The minimum atomic E-state index is -0.537. The number of aromatic nitrogens is 1. The summed E-state index contributed by atoms with van der Waals surface area (Å²) in [5, 5.41) is 4.18. The van der Waals surface area contributed by atoms with Gasteiger partial charge in [-0.25, -0.2) is 0 Å². The van der Waals surface area contributed by atoms with Gasteiger partial charge in [0.15, 0.2) is 6.10 Å². The fourth-order valence-electron chi connectivity index (χ4n) is 3.30. The van der Waals surface area contributed by atoms with Gasteiger partial charge < -0.3 is 15.0 Å². The first-order valence-corrected chi connectivity index (χ1v) is 11.0. The topological polar surface area (TPSA) is 54.1 Å². The molecule has 4 aromatic rings. The molecular weight excluding hydrogens is 392 g/mol. The van der Waals surface area contributed by atoms with Gasteiger partial charge in [0, 0.05) is 28.1 Å². The van der Waals surface area contributed by atoms with Gasteiger partial charge in [-0.05, 0) is 30.7 Å². The van der Waals surface area contributed by atoms with E-state index in [-0.39, 0.29) is 5.91 Å². The Morgan fingerprint density at radius 3 is 2.40 bits per heavy atom. The Bertz CT molecular complexity index is 1110. The molecule has 30 heavy (non-hydrogen) atoms. The molecule has 1 amide bonds. The monoisotopic (exact) mass is 416 g/mol. The maximum atomic E-state index is 12.4. The molecule has 1 atom stereocenters. The van der Waals surface area contributed by atoms with Crippen molar-refractivity contribution in [1.29, 1.82) is 0 Å². The number of rotatable bonds is 8. The molecule has 1 unspecified atom stereocenters. The number of ether oxygens (including phenoxy) is 1. The van der Waals surface area contributed by atoms with Crippen molar-refractivity contribution in [3.05, 3.63) is 84.9 Å². The van der Waals surface area contributed by atoms with Gasteiger partial charge in [-0.15, -0.1) is 11.8 Å². The van der Waals surface area contributed by atoms with Crippen molar-refractivity contribution >= 4 is 28.6 Å². The number of benzene rings is 3. The average Bonchev–Trinajstić information content (AvgIpc) is 3.16. The fraction of sp³-hybridized carbons (Fsp3) is 0.160. The summed E-state index contributed by atoms with van der Waals surface area (Å²) in [7, 11) is 0. The third kappa shape index (κ3) is 4.69. The molecule has 0 aliphatic carbocycles. The predicted octanol–water partition coefficient (Wildman–Crippen LogP) is 5.51. The Labute approximate surface area is 180 Å². The number of fused-ring (bicyclic) bond motifs is 1. The SMILES string of the molecule is CC(Oc1ccccc1)C(=O)NCCSc1c(-c2ccccc2)[nH]c2ccccc12. The van der Waals surface area contributed by atoms with Crippen LogP contribution < -0.4 is 10.1 Å². The van der Waals surface area contributed by atoms with E-state index in [1.54, 1.807) is 18.7 Å². The number of aromatic amines is 1. The standard InChI is InChI=1S/C25H24N2O2S/c1-18(29-20-12-6-3-7-13-20)25(28)26-16-17-30-24-21-14-8-9-15-22(21)27-23(24)19-10-4-2-5-11-19/h2-15,18,27H,16-17H2,1H3,(H,26,28). The second-order valence-electron chi connectivity index (χ2n) is 6.95. The van der Waals surface area contributed by atoms with Gasteiger partial charge >= 0.3 is 0 Å². The third-order valence-electron chi connectivity index (χ3n) is 4.79. The van der Waals surface area contributed by atoms with Crippen LogP contribution in [0.4, 0.5) is 0 Å². The van der Waals surface area contributed by atoms with Crippen LogP contribution in [0.1, 0.15) is 6.92 Å². The van der Waals surface area contributed by atoms with Gasteiger partial charge in [-0.2, -0.15) is 0 Å². The summed E-state index contributed by atoms with van der Waals surface area (Å²) < 4.78 is 5.69. The van der Waals surface area contributed by atoms with Crippen LogP contribution in [0.5, 0.6) is 5.75 Å². The molecule has 0 fully saturated rings. The van der Waals surface area contributed by atoms with Crippen molar-refractivity contribution in [1.82, 2.24) is 10.3 Å². The zero-order chi connectivity index (χ0) is 20.8. The van der Waals surface area contributed by atoms with E-state index in [1.807, 2.05) is 54.6 Å². The lowest BCUT2D eigenvalue weighted by atomic mass is 10.1. The summed E-state index contributed by atoms with van der Waals surface area (Å²) in [6.45, 7) is 2.34. The molecule has 0 saturated carbocycles. The molecule has 4 rings (SSSR count). The molecule has 3 aromatic carbocycles. The molecule has 2 N–H and O–H groups in total. The summed E-state index contributed by atoms with van der Waals surface area (Å²) in [4.78, 5) is 17.1. The van der Waals surface area contributed by atoms with E-state index < -0.39 is 6.10 Å². The number of hydrogen-bond acceptors (Lipinski definition) is 3. The Morgan fingerprint density at radius 2 is 1.63 bits per heavy atom. The molecule has 0 aliphatic rings. The number of carbonyl (C=O) groups excluding carboxylic acids is 1. The second kappa shape index (κ2) is 9.55. The van der Waals surface area contributed by atoms with E-state index in [9.17, 15) is 4.79 Å². The molecule has 0 aliphatic heterocycles. The second-order valence-corrected chi connectivity index (χ2v) is 8.06.